The van der Waals surface area contributed by atoms with Gasteiger partial charge in [-0.1, -0.05) is 6.92 Å². The Hall–Kier alpha value is -1.83. The Balaban J connectivity index is 1.95. The SMILES string of the molecule is CCCN1C2=C(C(=O)CCC2)C(c2cc(I)c(OCC)c(OCC)c2)C2=C1CCCC2=O. The third kappa shape index (κ3) is 4.11. The summed E-state index contributed by atoms with van der Waals surface area (Å²) in [7, 11) is 0. The Bertz CT molecular complexity index is 950. The molecule has 0 aromatic heterocycles. The number of carbonyl (C=O) groups is 2. The first-order chi connectivity index (χ1) is 15.5. The average molecular weight is 549 g/mol. The number of allylic oxidation sites excluding steroid dienone is 4. The van der Waals surface area contributed by atoms with Gasteiger partial charge in [0.05, 0.1) is 16.8 Å². The number of halogens is 1. The Morgan fingerprint density at radius 2 is 1.50 bits per heavy atom. The first-order valence-corrected chi connectivity index (χ1v) is 13.0. The van der Waals surface area contributed by atoms with Crippen LogP contribution < -0.4 is 9.47 Å². The Kier molecular flexibility index (Phi) is 7.27. The second kappa shape index (κ2) is 9.98. The molecule has 2 aliphatic carbocycles. The zero-order chi connectivity index (χ0) is 22.8. The Morgan fingerprint density at radius 1 is 0.906 bits per heavy atom. The predicted octanol–water partition coefficient (Wildman–Crippen LogP) is 5.91. The molecular formula is C26H32INO4. The van der Waals surface area contributed by atoms with Crippen LogP contribution in [-0.4, -0.2) is 36.2 Å². The van der Waals surface area contributed by atoms with E-state index in [1.54, 1.807) is 0 Å². The smallest absolute Gasteiger partial charge is 0.174 e. The lowest BCUT2D eigenvalue weighted by atomic mass is 9.71. The van der Waals surface area contributed by atoms with Gasteiger partial charge in [-0.15, -0.1) is 0 Å². The third-order valence-corrected chi connectivity index (χ3v) is 7.29. The van der Waals surface area contributed by atoms with Crippen molar-refractivity contribution in [3.63, 3.8) is 0 Å². The number of hydrogen-bond donors (Lipinski definition) is 0. The lowest BCUT2D eigenvalue weighted by Gasteiger charge is -2.44. The highest BCUT2D eigenvalue weighted by molar-refractivity contribution is 14.1. The van der Waals surface area contributed by atoms with Crippen molar-refractivity contribution >= 4 is 34.2 Å². The summed E-state index contributed by atoms with van der Waals surface area (Å²) < 4.78 is 12.8. The number of rotatable bonds is 7. The minimum Gasteiger partial charge on any atom is -0.490 e. The highest BCUT2D eigenvalue weighted by Crippen LogP contribution is 2.50. The first kappa shape index (κ1) is 23.3. The van der Waals surface area contributed by atoms with E-state index in [0.717, 1.165) is 76.1 Å². The molecule has 1 heterocycles. The van der Waals surface area contributed by atoms with Crippen LogP contribution >= 0.6 is 22.6 Å². The highest BCUT2D eigenvalue weighted by atomic mass is 127. The minimum atomic E-state index is -0.308. The molecule has 0 saturated heterocycles. The second-order valence-corrected chi connectivity index (χ2v) is 9.72. The number of ether oxygens (including phenoxy) is 2. The third-order valence-electron chi connectivity index (χ3n) is 6.49. The summed E-state index contributed by atoms with van der Waals surface area (Å²) in [5, 5.41) is 0. The molecule has 1 aromatic carbocycles. The molecule has 0 saturated carbocycles. The number of carbonyl (C=O) groups excluding carboxylic acids is 2. The van der Waals surface area contributed by atoms with E-state index in [1.165, 1.54) is 0 Å². The zero-order valence-corrected chi connectivity index (χ0v) is 21.4. The van der Waals surface area contributed by atoms with E-state index in [1.807, 2.05) is 19.9 Å². The lowest BCUT2D eigenvalue weighted by Crippen LogP contribution is -2.39. The van der Waals surface area contributed by atoms with Gasteiger partial charge in [0.15, 0.2) is 23.1 Å². The average Bonchev–Trinajstić information content (AvgIpc) is 2.77. The fraction of sp³-hybridized carbons (Fsp3) is 0.538. The van der Waals surface area contributed by atoms with E-state index in [-0.39, 0.29) is 17.5 Å². The van der Waals surface area contributed by atoms with Gasteiger partial charge in [-0.05, 0) is 86.2 Å². The number of Topliss-reactive ketones (excluding diaryl/α,β-unsaturated/α-hetero) is 2. The van der Waals surface area contributed by atoms with Crippen LogP contribution in [0, 0.1) is 3.57 Å². The molecular weight excluding hydrogens is 517 g/mol. The van der Waals surface area contributed by atoms with Crippen LogP contribution in [0.2, 0.25) is 0 Å². The van der Waals surface area contributed by atoms with Crippen molar-refractivity contribution in [1.82, 2.24) is 4.90 Å². The largest absolute Gasteiger partial charge is 0.490 e. The van der Waals surface area contributed by atoms with Gasteiger partial charge in [-0.25, -0.2) is 0 Å². The molecule has 0 amide bonds. The molecule has 0 unspecified atom stereocenters. The fourth-order valence-electron chi connectivity index (χ4n) is 5.35. The van der Waals surface area contributed by atoms with Gasteiger partial charge in [-0.3, -0.25) is 9.59 Å². The van der Waals surface area contributed by atoms with Gasteiger partial charge in [-0.2, -0.15) is 0 Å². The van der Waals surface area contributed by atoms with Crippen molar-refractivity contribution in [1.29, 1.82) is 0 Å². The minimum absolute atomic E-state index is 0.184. The molecule has 1 aliphatic heterocycles. The summed E-state index contributed by atoms with van der Waals surface area (Å²) in [6, 6.07) is 4.07. The van der Waals surface area contributed by atoms with Gasteiger partial charge in [0.1, 0.15) is 0 Å². The van der Waals surface area contributed by atoms with Gasteiger partial charge >= 0.3 is 0 Å². The van der Waals surface area contributed by atoms with E-state index >= 15 is 0 Å². The van der Waals surface area contributed by atoms with E-state index in [9.17, 15) is 9.59 Å². The quantitative estimate of drug-likeness (QED) is 0.396. The van der Waals surface area contributed by atoms with Crippen LogP contribution in [0.3, 0.4) is 0 Å². The molecule has 4 rings (SSSR count). The number of hydrogen-bond acceptors (Lipinski definition) is 5. The number of nitrogens with zero attached hydrogens (tertiary/aromatic N) is 1. The summed E-state index contributed by atoms with van der Waals surface area (Å²) >= 11 is 2.28. The topological polar surface area (TPSA) is 55.8 Å². The fourth-order valence-corrected chi connectivity index (χ4v) is 6.13. The van der Waals surface area contributed by atoms with Crippen LogP contribution in [0.15, 0.2) is 34.7 Å². The maximum atomic E-state index is 13.3. The summed E-state index contributed by atoms with van der Waals surface area (Å²) in [6.07, 6.45) is 5.65. The van der Waals surface area contributed by atoms with Gasteiger partial charge < -0.3 is 14.4 Å². The molecule has 6 heteroatoms. The monoisotopic (exact) mass is 549 g/mol. The summed E-state index contributed by atoms with van der Waals surface area (Å²) in [5.74, 6) is 1.48. The van der Waals surface area contributed by atoms with E-state index in [0.29, 0.717) is 31.8 Å². The molecule has 3 aliphatic rings. The Labute approximate surface area is 204 Å². The molecule has 1 aromatic rings. The first-order valence-electron chi connectivity index (χ1n) is 11.9. The van der Waals surface area contributed by atoms with Crippen molar-refractivity contribution < 1.29 is 19.1 Å². The highest BCUT2D eigenvalue weighted by Gasteiger charge is 2.43. The zero-order valence-electron chi connectivity index (χ0n) is 19.3. The van der Waals surface area contributed by atoms with Crippen LogP contribution in [0.5, 0.6) is 11.5 Å². The van der Waals surface area contributed by atoms with Crippen molar-refractivity contribution in [2.75, 3.05) is 19.8 Å². The van der Waals surface area contributed by atoms with Crippen molar-refractivity contribution in [2.45, 2.75) is 71.6 Å². The van der Waals surface area contributed by atoms with Crippen LogP contribution in [0.4, 0.5) is 0 Å². The lowest BCUT2D eigenvalue weighted by molar-refractivity contribution is -0.117. The van der Waals surface area contributed by atoms with Crippen molar-refractivity contribution in [3.05, 3.63) is 43.8 Å². The molecule has 32 heavy (non-hydrogen) atoms. The predicted molar refractivity (Wildman–Crippen MR) is 133 cm³/mol. The summed E-state index contributed by atoms with van der Waals surface area (Å²) in [4.78, 5) is 29.0. The molecule has 0 bridgehead atoms. The molecule has 0 radical (unpaired) electrons. The van der Waals surface area contributed by atoms with Gasteiger partial charge in [0.2, 0.25) is 0 Å². The van der Waals surface area contributed by atoms with Gasteiger partial charge in [0, 0.05) is 47.8 Å². The van der Waals surface area contributed by atoms with E-state index in [2.05, 4.69) is 40.5 Å². The second-order valence-electron chi connectivity index (χ2n) is 8.55. The molecule has 0 N–H and O–H groups in total. The van der Waals surface area contributed by atoms with Crippen LogP contribution in [0.1, 0.15) is 77.2 Å². The van der Waals surface area contributed by atoms with Crippen molar-refractivity contribution in [3.8, 4) is 11.5 Å². The maximum absolute atomic E-state index is 13.3. The standard InChI is InChI=1S/C26H32INO4/c1-4-13-28-18-9-7-11-20(29)24(18)23(25-19(28)10-8-12-21(25)30)16-14-17(27)26(32-6-3)22(15-16)31-5-2/h14-15,23H,4-13H2,1-3H3. The molecule has 0 atom stereocenters. The molecule has 5 nitrogen and oxygen atoms in total. The Morgan fingerprint density at radius 3 is 2.03 bits per heavy atom. The maximum Gasteiger partial charge on any atom is 0.174 e. The molecule has 0 fully saturated rings. The van der Waals surface area contributed by atoms with Crippen molar-refractivity contribution in [2.24, 2.45) is 0 Å². The van der Waals surface area contributed by atoms with E-state index in [4.69, 9.17) is 9.47 Å². The normalized spacial score (nSPS) is 19.3. The van der Waals surface area contributed by atoms with Crippen LogP contribution in [-0.2, 0) is 9.59 Å². The number of benzene rings is 1. The van der Waals surface area contributed by atoms with E-state index < -0.39 is 0 Å². The molecule has 0 spiro atoms. The number of ketones is 2. The van der Waals surface area contributed by atoms with Gasteiger partial charge in [0.25, 0.3) is 0 Å². The summed E-state index contributed by atoms with van der Waals surface area (Å²) in [5.41, 5.74) is 4.91. The summed E-state index contributed by atoms with van der Waals surface area (Å²) in [6.45, 7) is 8.00. The molecule has 172 valence electrons. The van der Waals surface area contributed by atoms with Crippen LogP contribution in [0.25, 0.3) is 0 Å².